The molecule has 1 aliphatic heterocycles. The van der Waals surface area contributed by atoms with E-state index in [0.29, 0.717) is 24.8 Å². The maximum Gasteiger partial charge on any atom is 0.274 e. The second-order valence-corrected chi connectivity index (χ2v) is 7.51. The Bertz CT molecular complexity index is 967. The molecule has 0 amide bonds. The Morgan fingerprint density at radius 1 is 1.04 bits per heavy atom. The van der Waals surface area contributed by atoms with E-state index in [0.717, 1.165) is 25.2 Å². The summed E-state index contributed by atoms with van der Waals surface area (Å²) in [6.45, 7) is 5.65. The Morgan fingerprint density at radius 3 is 2.46 bits per heavy atom. The fraction of sp³-hybridized carbons (Fsp3) is 0.476. The molecule has 0 aliphatic carbocycles. The Balaban J connectivity index is 1.46. The largest absolute Gasteiger partial charge is 0.351 e. The maximum absolute atomic E-state index is 12.5. The average molecular weight is 380 g/mol. The van der Waals surface area contributed by atoms with Gasteiger partial charge in [-0.15, -0.1) is 0 Å². The number of aryl methyl sites for hydroxylation is 1. The van der Waals surface area contributed by atoms with Crippen molar-refractivity contribution < 1.29 is 0 Å². The zero-order chi connectivity index (χ0) is 19.3. The van der Waals surface area contributed by atoms with Crippen LogP contribution in [0.25, 0.3) is 5.78 Å². The van der Waals surface area contributed by atoms with Gasteiger partial charge >= 0.3 is 0 Å². The summed E-state index contributed by atoms with van der Waals surface area (Å²) in [5, 5.41) is 6.25. The first-order valence-corrected chi connectivity index (χ1v) is 10.2. The number of aromatic nitrogens is 4. The van der Waals surface area contributed by atoms with Gasteiger partial charge in [0.2, 0.25) is 5.95 Å². The molecule has 1 aliphatic rings. The average Bonchev–Trinajstić information content (AvgIpc) is 2.95. The van der Waals surface area contributed by atoms with E-state index in [9.17, 15) is 4.79 Å². The van der Waals surface area contributed by atoms with Crippen LogP contribution in [0.1, 0.15) is 49.4 Å². The van der Waals surface area contributed by atoms with E-state index in [1.807, 2.05) is 0 Å². The number of hydrogen-bond acceptors (Lipinski definition) is 5. The molecule has 2 aromatic heterocycles. The quantitative estimate of drug-likeness (QED) is 0.687. The van der Waals surface area contributed by atoms with E-state index in [-0.39, 0.29) is 5.56 Å². The third-order valence-electron chi connectivity index (χ3n) is 5.36. The summed E-state index contributed by atoms with van der Waals surface area (Å²) in [7, 11) is 0. The van der Waals surface area contributed by atoms with E-state index in [2.05, 4.69) is 56.5 Å². The molecular weight excluding hydrogens is 352 g/mol. The summed E-state index contributed by atoms with van der Waals surface area (Å²) in [4.78, 5) is 23.9. The molecule has 0 unspecified atom stereocenters. The molecule has 7 heteroatoms. The highest BCUT2D eigenvalue weighted by atomic mass is 16.1. The monoisotopic (exact) mass is 380 g/mol. The number of aromatic amines is 1. The SMILES string of the molecule is CCc1ccc(CNc2nc3nc(CN4CCCCCC4)cc(=O)n3[nH]2)cc1. The van der Waals surface area contributed by atoms with Crippen LogP contribution in [0.3, 0.4) is 0 Å². The maximum atomic E-state index is 12.5. The summed E-state index contributed by atoms with van der Waals surface area (Å²) >= 11 is 0. The molecule has 0 bridgehead atoms. The third-order valence-corrected chi connectivity index (χ3v) is 5.36. The molecule has 4 rings (SSSR count). The molecule has 148 valence electrons. The van der Waals surface area contributed by atoms with Crippen molar-refractivity contribution in [2.24, 2.45) is 0 Å². The lowest BCUT2D eigenvalue weighted by Gasteiger charge is -2.18. The number of nitrogens with zero attached hydrogens (tertiary/aromatic N) is 4. The van der Waals surface area contributed by atoms with Crippen LogP contribution in [-0.2, 0) is 19.5 Å². The molecule has 0 radical (unpaired) electrons. The highest BCUT2D eigenvalue weighted by molar-refractivity contribution is 5.38. The lowest BCUT2D eigenvalue weighted by atomic mass is 10.1. The van der Waals surface area contributed by atoms with Gasteiger partial charge in [0, 0.05) is 19.2 Å². The summed E-state index contributed by atoms with van der Waals surface area (Å²) in [6, 6.07) is 10.1. The van der Waals surface area contributed by atoms with Crippen molar-refractivity contribution in [3.8, 4) is 0 Å². The lowest BCUT2D eigenvalue weighted by molar-refractivity contribution is 0.273. The first-order chi connectivity index (χ1) is 13.7. The Hall–Kier alpha value is -2.67. The Labute approximate surface area is 164 Å². The predicted molar refractivity (Wildman–Crippen MR) is 110 cm³/mol. The number of rotatable bonds is 6. The van der Waals surface area contributed by atoms with Crippen LogP contribution >= 0.6 is 0 Å². The molecule has 1 fully saturated rings. The van der Waals surface area contributed by atoms with Crippen molar-refractivity contribution in [3.63, 3.8) is 0 Å². The minimum absolute atomic E-state index is 0.123. The Morgan fingerprint density at radius 2 is 1.75 bits per heavy atom. The molecule has 0 saturated carbocycles. The van der Waals surface area contributed by atoms with Crippen LogP contribution in [0, 0.1) is 0 Å². The topological polar surface area (TPSA) is 78.3 Å². The second-order valence-electron chi connectivity index (χ2n) is 7.51. The predicted octanol–water partition coefficient (Wildman–Crippen LogP) is 2.97. The fourth-order valence-electron chi connectivity index (χ4n) is 3.69. The van der Waals surface area contributed by atoms with Crippen LogP contribution in [-0.4, -0.2) is 37.6 Å². The van der Waals surface area contributed by atoms with Crippen molar-refractivity contribution >= 4 is 11.7 Å². The van der Waals surface area contributed by atoms with Crippen molar-refractivity contribution in [2.45, 2.75) is 52.1 Å². The molecule has 28 heavy (non-hydrogen) atoms. The second kappa shape index (κ2) is 8.56. The highest BCUT2D eigenvalue weighted by Gasteiger charge is 2.13. The molecule has 0 atom stereocenters. The van der Waals surface area contributed by atoms with Gasteiger partial charge in [0.15, 0.2) is 0 Å². The smallest absolute Gasteiger partial charge is 0.274 e. The van der Waals surface area contributed by atoms with Crippen LogP contribution in [0.5, 0.6) is 0 Å². The molecule has 2 N–H and O–H groups in total. The molecule has 7 nitrogen and oxygen atoms in total. The van der Waals surface area contributed by atoms with E-state index < -0.39 is 0 Å². The molecule has 3 aromatic rings. The van der Waals surface area contributed by atoms with E-state index >= 15 is 0 Å². The van der Waals surface area contributed by atoms with Gasteiger partial charge in [0.25, 0.3) is 11.3 Å². The number of anilines is 1. The number of benzene rings is 1. The zero-order valence-electron chi connectivity index (χ0n) is 16.4. The number of nitrogens with one attached hydrogen (secondary N) is 2. The first kappa shape index (κ1) is 18.7. The third kappa shape index (κ3) is 4.42. The summed E-state index contributed by atoms with van der Waals surface area (Å²) in [5.41, 5.74) is 3.16. The minimum atomic E-state index is -0.123. The van der Waals surface area contributed by atoms with Crippen LogP contribution < -0.4 is 10.9 Å². The standard InChI is InChI=1S/C21H28N6O/c1-2-16-7-9-17(10-8-16)14-22-20-24-21-23-18(13-19(28)27(21)25-20)15-26-11-5-3-4-6-12-26/h7-10,13H,2-6,11-12,14-15H2,1H3,(H2,22,23,24,25). The van der Waals surface area contributed by atoms with Gasteiger partial charge in [-0.25, -0.2) is 4.98 Å². The lowest BCUT2D eigenvalue weighted by Crippen LogP contribution is -2.26. The normalized spacial score (nSPS) is 15.6. The first-order valence-electron chi connectivity index (χ1n) is 10.2. The number of fused-ring (bicyclic) bond motifs is 1. The van der Waals surface area contributed by atoms with Crippen molar-refractivity contribution in [1.29, 1.82) is 0 Å². The van der Waals surface area contributed by atoms with Gasteiger partial charge in [0.1, 0.15) is 0 Å². The van der Waals surface area contributed by atoms with E-state index in [4.69, 9.17) is 0 Å². The van der Waals surface area contributed by atoms with E-state index in [1.165, 1.54) is 41.3 Å². The van der Waals surface area contributed by atoms with Crippen LogP contribution in [0.4, 0.5) is 5.95 Å². The number of H-pyrrole nitrogens is 1. The van der Waals surface area contributed by atoms with Gasteiger partial charge in [-0.05, 0) is 43.5 Å². The molecular formula is C21H28N6O. The zero-order valence-corrected chi connectivity index (χ0v) is 16.4. The van der Waals surface area contributed by atoms with Crippen molar-refractivity contribution in [1.82, 2.24) is 24.5 Å². The Kier molecular flexibility index (Phi) is 5.71. The van der Waals surface area contributed by atoms with Crippen LogP contribution in [0.15, 0.2) is 35.1 Å². The van der Waals surface area contributed by atoms with Gasteiger partial charge in [-0.1, -0.05) is 44.0 Å². The van der Waals surface area contributed by atoms with Gasteiger partial charge in [-0.3, -0.25) is 14.8 Å². The number of hydrogen-bond donors (Lipinski definition) is 2. The molecule has 1 saturated heterocycles. The molecule has 0 spiro atoms. The summed E-state index contributed by atoms with van der Waals surface area (Å²) < 4.78 is 1.40. The van der Waals surface area contributed by atoms with Gasteiger partial charge in [0.05, 0.1) is 5.69 Å². The van der Waals surface area contributed by atoms with E-state index in [1.54, 1.807) is 6.07 Å². The molecule has 1 aromatic carbocycles. The van der Waals surface area contributed by atoms with Gasteiger partial charge in [-0.2, -0.15) is 9.50 Å². The summed E-state index contributed by atoms with van der Waals surface area (Å²) in [6.07, 6.45) is 6.06. The minimum Gasteiger partial charge on any atom is -0.351 e. The summed E-state index contributed by atoms with van der Waals surface area (Å²) in [5.74, 6) is 0.970. The van der Waals surface area contributed by atoms with Gasteiger partial charge < -0.3 is 5.32 Å². The fourth-order valence-corrected chi connectivity index (χ4v) is 3.69. The van der Waals surface area contributed by atoms with Crippen molar-refractivity contribution in [3.05, 3.63) is 57.5 Å². The van der Waals surface area contributed by atoms with Crippen LogP contribution in [0.2, 0.25) is 0 Å². The number of likely N-dealkylation sites (tertiary alicyclic amines) is 1. The van der Waals surface area contributed by atoms with Crippen molar-refractivity contribution in [2.75, 3.05) is 18.4 Å². The molecule has 3 heterocycles. The highest BCUT2D eigenvalue weighted by Crippen LogP contribution is 2.13.